The summed E-state index contributed by atoms with van der Waals surface area (Å²) in [7, 11) is 0. The maximum absolute atomic E-state index is 4.73. The molecule has 4 heteroatoms. The second kappa shape index (κ2) is 4.96. The Hall–Kier alpha value is -1.78. The highest BCUT2D eigenvalue weighted by atomic mass is 32.2. The first-order valence-electron chi connectivity index (χ1n) is 6.46. The van der Waals surface area contributed by atoms with Gasteiger partial charge in [-0.3, -0.25) is 0 Å². The van der Waals surface area contributed by atoms with Gasteiger partial charge in [0.2, 0.25) is 0 Å². The van der Waals surface area contributed by atoms with Crippen LogP contribution in [0.3, 0.4) is 0 Å². The number of thiazole rings is 1. The Morgan fingerprint density at radius 1 is 1.00 bits per heavy atom. The first kappa shape index (κ1) is 12.0. The molecule has 1 N–H and O–H groups in total. The van der Waals surface area contributed by atoms with Gasteiger partial charge >= 0.3 is 0 Å². The standard InChI is InChI=1S/C16H12N2S2/c1-2-7-12(8-3-1)20-18-16-17-15-13-9-5-4-6-11(13)10-14(15)19-16/h1-9H,10H2,(H,17,18). The minimum absolute atomic E-state index is 0.985. The molecular formula is C16H12N2S2. The fraction of sp³-hybridized carbons (Fsp3) is 0.0625. The van der Waals surface area contributed by atoms with E-state index in [4.69, 9.17) is 4.98 Å². The second-order valence-corrected chi connectivity index (χ2v) is 6.61. The molecule has 98 valence electrons. The minimum Gasteiger partial charge on any atom is -0.301 e. The molecule has 0 saturated carbocycles. The SMILES string of the molecule is c1ccc(SNc2nc3c(s2)Cc2ccccc2-3)cc1. The number of anilines is 1. The lowest BCUT2D eigenvalue weighted by Gasteiger charge is -2.01. The van der Waals surface area contributed by atoms with Gasteiger partial charge in [-0.2, -0.15) is 0 Å². The highest BCUT2D eigenvalue weighted by Gasteiger charge is 2.22. The third-order valence-corrected chi connectivity index (χ3v) is 5.22. The minimum atomic E-state index is 0.985. The molecule has 0 radical (unpaired) electrons. The molecule has 4 rings (SSSR count). The molecule has 1 aliphatic rings. The quantitative estimate of drug-likeness (QED) is 0.548. The first-order chi connectivity index (χ1) is 9.90. The van der Waals surface area contributed by atoms with E-state index in [9.17, 15) is 0 Å². The largest absolute Gasteiger partial charge is 0.301 e. The molecule has 0 fully saturated rings. The Morgan fingerprint density at radius 2 is 1.80 bits per heavy atom. The number of aromatic nitrogens is 1. The fourth-order valence-electron chi connectivity index (χ4n) is 2.40. The summed E-state index contributed by atoms with van der Waals surface area (Å²) in [6.45, 7) is 0. The topological polar surface area (TPSA) is 24.9 Å². The van der Waals surface area contributed by atoms with Crippen LogP contribution in [0.5, 0.6) is 0 Å². The Labute approximate surface area is 126 Å². The molecule has 0 atom stereocenters. The van der Waals surface area contributed by atoms with E-state index in [1.807, 2.05) is 18.2 Å². The molecule has 2 nitrogen and oxygen atoms in total. The van der Waals surface area contributed by atoms with Crippen LogP contribution in [0.1, 0.15) is 10.4 Å². The van der Waals surface area contributed by atoms with E-state index in [0.717, 1.165) is 17.2 Å². The summed E-state index contributed by atoms with van der Waals surface area (Å²) in [6, 6.07) is 18.8. The lowest BCUT2D eigenvalue weighted by molar-refractivity contribution is 1.31. The molecule has 3 aromatic rings. The lowest BCUT2D eigenvalue weighted by atomic mass is 10.1. The van der Waals surface area contributed by atoms with Crippen molar-refractivity contribution in [1.29, 1.82) is 0 Å². The summed E-state index contributed by atoms with van der Waals surface area (Å²) < 4.78 is 3.35. The summed E-state index contributed by atoms with van der Waals surface area (Å²) in [4.78, 5) is 7.29. The van der Waals surface area contributed by atoms with Crippen molar-refractivity contribution in [3.05, 3.63) is 65.0 Å². The zero-order valence-corrected chi connectivity index (χ0v) is 12.3. The number of nitrogens with zero attached hydrogens (tertiary/aromatic N) is 1. The van der Waals surface area contributed by atoms with Gasteiger partial charge in [-0.05, 0) is 29.6 Å². The summed E-state index contributed by atoms with van der Waals surface area (Å²) in [5.74, 6) is 0. The van der Waals surface area contributed by atoms with Crippen LogP contribution in [-0.4, -0.2) is 4.98 Å². The van der Waals surface area contributed by atoms with Crippen molar-refractivity contribution in [2.24, 2.45) is 0 Å². The molecule has 1 aromatic heterocycles. The molecule has 0 bridgehead atoms. The molecule has 0 unspecified atom stereocenters. The number of fused-ring (bicyclic) bond motifs is 3. The van der Waals surface area contributed by atoms with Crippen LogP contribution in [0, 0.1) is 0 Å². The third-order valence-electron chi connectivity index (χ3n) is 3.32. The normalized spacial score (nSPS) is 12.0. The number of hydrogen-bond acceptors (Lipinski definition) is 4. The summed E-state index contributed by atoms with van der Waals surface area (Å²) in [6.07, 6.45) is 1.01. The van der Waals surface area contributed by atoms with E-state index < -0.39 is 0 Å². The van der Waals surface area contributed by atoms with Crippen LogP contribution in [0.15, 0.2) is 59.5 Å². The van der Waals surface area contributed by atoms with Gasteiger partial charge in [-0.15, -0.1) is 11.3 Å². The van der Waals surface area contributed by atoms with Crippen LogP contribution in [-0.2, 0) is 6.42 Å². The van der Waals surface area contributed by atoms with Gasteiger partial charge in [-0.1, -0.05) is 42.5 Å². The van der Waals surface area contributed by atoms with Gasteiger partial charge < -0.3 is 4.72 Å². The molecular weight excluding hydrogens is 284 g/mol. The monoisotopic (exact) mass is 296 g/mol. The van der Waals surface area contributed by atoms with Crippen molar-refractivity contribution in [2.75, 3.05) is 4.72 Å². The highest BCUT2D eigenvalue weighted by molar-refractivity contribution is 8.00. The van der Waals surface area contributed by atoms with E-state index in [-0.39, 0.29) is 0 Å². The van der Waals surface area contributed by atoms with Gasteiger partial charge in [0.05, 0.1) is 5.69 Å². The lowest BCUT2D eigenvalue weighted by Crippen LogP contribution is -1.86. The van der Waals surface area contributed by atoms with Crippen LogP contribution < -0.4 is 4.72 Å². The van der Waals surface area contributed by atoms with Crippen molar-refractivity contribution < 1.29 is 0 Å². The fourth-order valence-corrected chi connectivity index (χ4v) is 4.08. The maximum Gasteiger partial charge on any atom is 0.193 e. The Bertz CT molecular complexity index is 750. The molecule has 2 aromatic carbocycles. The van der Waals surface area contributed by atoms with Crippen molar-refractivity contribution >= 4 is 28.4 Å². The summed E-state index contributed by atoms with van der Waals surface area (Å²) in [5, 5.41) is 0.985. The number of benzene rings is 2. The zero-order valence-electron chi connectivity index (χ0n) is 10.7. The Kier molecular flexibility index (Phi) is 2.98. The second-order valence-electron chi connectivity index (χ2n) is 4.64. The Morgan fingerprint density at radius 3 is 2.70 bits per heavy atom. The van der Waals surface area contributed by atoms with Crippen LogP contribution in [0.25, 0.3) is 11.3 Å². The van der Waals surface area contributed by atoms with Gasteiger partial charge in [0, 0.05) is 21.8 Å². The summed E-state index contributed by atoms with van der Waals surface area (Å²) >= 11 is 3.36. The van der Waals surface area contributed by atoms with Crippen molar-refractivity contribution in [3.8, 4) is 11.3 Å². The molecule has 0 saturated heterocycles. The van der Waals surface area contributed by atoms with E-state index in [1.165, 1.54) is 20.9 Å². The van der Waals surface area contributed by atoms with Gasteiger partial charge in [-0.25, -0.2) is 4.98 Å². The summed E-state index contributed by atoms with van der Waals surface area (Å²) in [5.41, 5.74) is 3.83. The van der Waals surface area contributed by atoms with Crippen molar-refractivity contribution in [2.45, 2.75) is 11.3 Å². The van der Waals surface area contributed by atoms with Crippen LogP contribution in [0.2, 0.25) is 0 Å². The van der Waals surface area contributed by atoms with Crippen molar-refractivity contribution in [3.63, 3.8) is 0 Å². The number of hydrogen-bond donors (Lipinski definition) is 1. The molecule has 0 amide bonds. The van der Waals surface area contributed by atoms with E-state index in [2.05, 4.69) is 41.1 Å². The van der Waals surface area contributed by atoms with Gasteiger partial charge in [0.1, 0.15) is 0 Å². The average molecular weight is 296 g/mol. The third kappa shape index (κ3) is 2.11. The van der Waals surface area contributed by atoms with E-state index in [1.54, 1.807) is 23.3 Å². The predicted octanol–water partition coefficient (Wildman–Crippen LogP) is 4.83. The molecule has 1 aliphatic carbocycles. The van der Waals surface area contributed by atoms with Crippen LogP contribution >= 0.6 is 23.3 Å². The van der Waals surface area contributed by atoms with Gasteiger partial charge in [0.25, 0.3) is 0 Å². The first-order valence-corrected chi connectivity index (χ1v) is 8.09. The molecule has 1 heterocycles. The number of nitrogens with one attached hydrogen (secondary N) is 1. The zero-order chi connectivity index (χ0) is 13.4. The van der Waals surface area contributed by atoms with Crippen molar-refractivity contribution in [1.82, 2.24) is 4.98 Å². The highest BCUT2D eigenvalue weighted by Crippen LogP contribution is 2.41. The van der Waals surface area contributed by atoms with Gasteiger partial charge in [0.15, 0.2) is 5.13 Å². The smallest absolute Gasteiger partial charge is 0.193 e. The number of rotatable bonds is 3. The molecule has 0 spiro atoms. The average Bonchev–Trinajstić information content (AvgIpc) is 3.03. The van der Waals surface area contributed by atoms with E-state index >= 15 is 0 Å². The predicted molar refractivity (Wildman–Crippen MR) is 86.3 cm³/mol. The maximum atomic E-state index is 4.73. The molecule has 0 aliphatic heterocycles. The Balaban J connectivity index is 1.56. The molecule has 20 heavy (non-hydrogen) atoms. The van der Waals surface area contributed by atoms with E-state index in [0.29, 0.717) is 0 Å². The van der Waals surface area contributed by atoms with Crippen LogP contribution in [0.4, 0.5) is 5.13 Å².